The molecule has 0 spiro atoms. The quantitative estimate of drug-likeness (QED) is 0.852. The van der Waals surface area contributed by atoms with E-state index in [0.29, 0.717) is 13.2 Å². The zero-order chi connectivity index (χ0) is 15.2. The summed E-state index contributed by atoms with van der Waals surface area (Å²) in [5.74, 6) is 0.562. The summed E-state index contributed by atoms with van der Waals surface area (Å²) in [6.07, 6.45) is 2.73. The highest BCUT2D eigenvalue weighted by atomic mass is 35.5. The predicted octanol–water partition coefficient (Wildman–Crippen LogP) is 2.80. The van der Waals surface area contributed by atoms with E-state index in [1.165, 1.54) is 12.4 Å². The van der Waals surface area contributed by atoms with Crippen LogP contribution in [0, 0.1) is 0 Å². The lowest BCUT2D eigenvalue weighted by atomic mass is 10.2. The molecule has 0 N–H and O–H groups in total. The van der Waals surface area contributed by atoms with Crippen molar-refractivity contribution in [2.75, 3.05) is 13.7 Å². The van der Waals surface area contributed by atoms with Gasteiger partial charge in [-0.3, -0.25) is 4.79 Å². The largest absolute Gasteiger partial charge is 0.494 e. The number of hydrogen-bond acceptors (Lipinski definition) is 4. The first kappa shape index (κ1) is 15.3. The van der Waals surface area contributed by atoms with E-state index in [4.69, 9.17) is 16.3 Å². The minimum absolute atomic E-state index is 0.217. The van der Waals surface area contributed by atoms with Crippen molar-refractivity contribution in [1.82, 2.24) is 14.9 Å². The molecule has 6 heteroatoms. The number of para-hydroxylation sites is 1. The van der Waals surface area contributed by atoms with Gasteiger partial charge in [0.2, 0.25) is 0 Å². The standard InChI is InChI=1S/C15H16ClN3O2/c1-3-21-13-7-5-4-6-11(13)10-19(2)15(20)12-8-18-14(16)9-17-12/h4-9H,3,10H2,1-2H3. The summed E-state index contributed by atoms with van der Waals surface area (Å²) in [5.41, 5.74) is 1.20. The van der Waals surface area contributed by atoms with Crippen molar-refractivity contribution >= 4 is 17.5 Å². The van der Waals surface area contributed by atoms with Gasteiger partial charge in [0, 0.05) is 19.2 Å². The SMILES string of the molecule is CCOc1ccccc1CN(C)C(=O)c1cnc(Cl)cn1. The normalized spacial score (nSPS) is 10.2. The average Bonchev–Trinajstić information content (AvgIpc) is 2.49. The first-order valence-electron chi connectivity index (χ1n) is 6.55. The van der Waals surface area contributed by atoms with E-state index in [1.54, 1.807) is 11.9 Å². The number of halogens is 1. The number of benzene rings is 1. The highest BCUT2D eigenvalue weighted by Gasteiger charge is 2.15. The van der Waals surface area contributed by atoms with Crippen LogP contribution in [0.2, 0.25) is 5.15 Å². The summed E-state index contributed by atoms with van der Waals surface area (Å²) in [4.78, 5) is 21.7. The van der Waals surface area contributed by atoms with E-state index in [1.807, 2.05) is 31.2 Å². The summed E-state index contributed by atoms with van der Waals surface area (Å²) >= 11 is 5.67. The molecule has 2 aromatic rings. The third-order valence-electron chi connectivity index (χ3n) is 2.87. The molecule has 0 saturated heterocycles. The molecule has 5 nitrogen and oxygen atoms in total. The fourth-order valence-electron chi connectivity index (χ4n) is 1.88. The molecule has 0 fully saturated rings. The molecule has 0 atom stereocenters. The Balaban J connectivity index is 2.12. The van der Waals surface area contributed by atoms with Gasteiger partial charge in [-0.05, 0) is 13.0 Å². The van der Waals surface area contributed by atoms with Gasteiger partial charge in [0.05, 0.1) is 19.0 Å². The molecule has 2 rings (SSSR count). The molecule has 0 aliphatic rings. The minimum Gasteiger partial charge on any atom is -0.494 e. The molecule has 0 unspecified atom stereocenters. The molecule has 0 bridgehead atoms. The summed E-state index contributed by atoms with van der Waals surface area (Å²) < 4.78 is 5.56. The van der Waals surface area contributed by atoms with Crippen LogP contribution in [-0.4, -0.2) is 34.4 Å². The van der Waals surface area contributed by atoms with E-state index in [0.717, 1.165) is 11.3 Å². The van der Waals surface area contributed by atoms with Gasteiger partial charge in [-0.15, -0.1) is 0 Å². The number of rotatable bonds is 5. The molecular formula is C15H16ClN3O2. The lowest BCUT2D eigenvalue weighted by Gasteiger charge is -2.18. The van der Waals surface area contributed by atoms with Crippen molar-refractivity contribution in [3.05, 3.63) is 53.1 Å². The topological polar surface area (TPSA) is 55.3 Å². The molecule has 21 heavy (non-hydrogen) atoms. The third-order valence-corrected chi connectivity index (χ3v) is 3.06. The van der Waals surface area contributed by atoms with Crippen LogP contribution in [0.4, 0.5) is 0 Å². The van der Waals surface area contributed by atoms with Gasteiger partial charge in [-0.2, -0.15) is 0 Å². The van der Waals surface area contributed by atoms with Crippen LogP contribution in [0.1, 0.15) is 23.0 Å². The van der Waals surface area contributed by atoms with E-state index >= 15 is 0 Å². The second-order valence-corrected chi connectivity index (χ2v) is 4.81. The maximum Gasteiger partial charge on any atom is 0.274 e. The Morgan fingerprint density at radius 3 is 2.71 bits per heavy atom. The fraction of sp³-hybridized carbons (Fsp3) is 0.267. The van der Waals surface area contributed by atoms with Crippen LogP contribution in [-0.2, 0) is 6.54 Å². The maximum atomic E-state index is 12.3. The Labute approximate surface area is 128 Å². The number of nitrogens with zero attached hydrogens (tertiary/aromatic N) is 3. The predicted molar refractivity (Wildman–Crippen MR) is 80.5 cm³/mol. The van der Waals surface area contributed by atoms with Gasteiger partial charge in [0.1, 0.15) is 16.6 Å². The molecule has 1 heterocycles. The van der Waals surface area contributed by atoms with Crippen molar-refractivity contribution in [3.8, 4) is 5.75 Å². The summed E-state index contributed by atoms with van der Waals surface area (Å²) in [5, 5.41) is 0.260. The number of carbonyl (C=O) groups excluding carboxylic acids is 1. The fourth-order valence-corrected chi connectivity index (χ4v) is 1.97. The number of carbonyl (C=O) groups is 1. The maximum absolute atomic E-state index is 12.3. The summed E-state index contributed by atoms with van der Waals surface area (Å²) in [7, 11) is 1.71. The lowest BCUT2D eigenvalue weighted by molar-refractivity contribution is 0.0777. The van der Waals surface area contributed by atoms with Crippen molar-refractivity contribution in [2.24, 2.45) is 0 Å². The first-order valence-corrected chi connectivity index (χ1v) is 6.93. The van der Waals surface area contributed by atoms with E-state index < -0.39 is 0 Å². The highest BCUT2D eigenvalue weighted by molar-refractivity contribution is 6.29. The van der Waals surface area contributed by atoms with Crippen LogP contribution in [0.25, 0.3) is 0 Å². The Kier molecular flexibility index (Phi) is 5.11. The molecule has 1 amide bonds. The van der Waals surface area contributed by atoms with Crippen molar-refractivity contribution < 1.29 is 9.53 Å². The van der Waals surface area contributed by atoms with Crippen molar-refractivity contribution in [1.29, 1.82) is 0 Å². The average molecular weight is 306 g/mol. The summed E-state index contributed by atoms with van der Waals surface area (Å²) in [6.45, 7) is 2.94. The Morgan fingerprint density at radius 1 is 1.29 bits per heavy atom. The number of amides is 1. The van der Waals surface area contributed by atoms with Gasteiger partial charge in [0.25, 0.3) is 5.91 Å². The van der Waals surface area contributed by atoms with E-state index in [9.17, 15) is 4.79 Å². The Hall–Kier alpha value is -2.14. The van der Waals surface area contributed by atoms with Gasteiger partial charge >= 0.3 is 0 Å². The van der Waals surface area contributed by atoms with E-state index in [-0.39, 0.29) is 16.8 Å². The molecule has 0 radical (unpaired) electrons. The van der Waals surface area contributed by atoms with Crippen molar-refractivity contribution in [3.63, 3.8) is 0 Å². The van der Waals surface area contributed by atoms with Crippen LogP contribution < -0.4 is 4.74 Å². The van der Waals surface area contributed by atoms with Crippen LogP contribution in [0.15, 0.2) is 36.7 Å². The van der Waals surface area contributed by atoms with Crippen LogP contribution >= 0.6 is 11.6 Å². The molecule has 1 aromatic carbocycles. The molecular weight excluding hydrogens is 290 g/mol. The van der Waals surface area contributed by atoms with Gasteiger partial charge in [-0.25, -0.2) is 9.97 Å². The smallest absolute Gasteiger partial charge is 0.274 e. The van der Waals surface area contributed by atoms with Gasteiger partial charge < -0.3 is 9.64 Å². The molecule has 0 saturated carbocycles. The zero-order valence-corrected chi connectivity index (χ0v) is 12.7. The minimum atomic E-state index is -0.217. The lowest BCUT2D eigenvalue weighted by Crippen LogP contribution is -2.27. The highest BCUT2D eigenvalue weighted by Crippen LogP contribution is 2.20. The Morgan fingerprint density at radius 2 is 2.05 bits per heavy atom. The number of aromatic nitrogens is 2. The van der Waals surface area contributed by atoms with Gasteiger partial charge in [0.15, 0.2) is 0 Å². The number of hydrogen-bond donors (Lipinski definition) is 0. The second-order valence-electron chi connectivity index (χ2n) is 4.43. The molecule has 1 aromatic heterocycles. The first-order chi connectivity index (χ1) is 10.1. The Bertz CT molecular complexity index is 617. The number of ether oxygens (including phenoxy) is 1. The van der Waals surface area contributed by atoms with E-state index in [2.05, 4.69) is 9.97 Å². The summed E-state index contributed by atoms with van der Waals surface area (Å²) in [6, 6.07) is 7.64. The van der Waals surface area contributed by atoms with Crippen LogP contribution in [0.5, 0.6) is 5.75 Å². The third kappa shape index (κ3) is 3.92. The van der Waals surface area contributed by atoms with Gasteiger partial charge in [-0.1, -0.05) is 29.8 Å². The molecule has 0 aliphatic carbocycles. The van der Waals surface area contributed by atoms with Crippen LogP contribution in [0.3, 0.4) is 0 Å². The second kappa shape index (κ2) is 7.04. The molecule has 110 valence electrons. The monoisotopic (exact) mass is 305 g/mol. The zero-order valence-electron chi connectivity index (χ0n) is 11.9. The molecule has 0 aliphatic heterocycles. The van der Waals surface area contributed by atoms with Crippen molar-refractivity contribution in [2.45, 2.75) is 13.5 Å².